The van der Waals surface area contributed by atoms with Gasteiger partial charge in [0.25, 0.3) is 5.91 Å². The molecule has 1 aliphatic heterocycles. The number of benzene rings is 1. The summed E-state index contributed by atoms with van der Waals surface area (Å²) in [5, 5.41) is 17.4. The van der Waals surface area contributed by atoms with Crippen LogP contribution in [0.5, 0.6) is 5.75 Å². The van der Waals surface area contributed by atoms with Gasteiger partial charge >= 0.3 is 7.12 Å². The highest BCUT2D eigenvalue weighted by Crippen LogP contribution is 2.34. The number of nitrogens with zero attached hydrogens (tertiary/aromatic N) is 2. The topological polar surface area (TPSA) is 102 Å². The van der Waals surface area contributed by atoms with Crippen molar-refractivity contribution in [1.29, 1.82) is 0 Å². The van der Waals surface area contributed by atoms with Gasteiger partial charge in [-0.15, -0.1) is 0 Å². The summed E-state index contributed by atoms with van der Waals surface area (Å²) in [5.41, 5.74) is 8.45. The fourth-order valence-corrected chi connectivity index (χ4v) is 3.66. The highest BCUT2D eigenvalue weighted by Gasteiger charge is 2.23. The molecule has 1 aliphatic carbocycles. The van der Waals surface area contributed by atoms with Crippen molar-refractivity contribution in [2.24, 2.45) is 5.73 Å². The number of anilines is 2. The van der Waals surface area contributed by atoms with Crippen molar-refractivity contribution >= 4 is 30.6 Å². The first-order valence-corrected chi connectivity index (χ1v) is 8.85. The average Bonchev–Trinajstić information content (AvgIpc) is 3.25. The Morgan fingerprint density at radius 1 is 1.42 bits per heavy atom. The number of fused-ring (bicyclic) bond motifs is 1. The molecule has 0 radical (unpaired) electrons. The minimum absolute atomic E-state index is 0.326. The van der Waals surface area contributed by atoms with Gasteiger partial charge in [0.15, 0.2) is 5.82 Å². The summed E-state index contributed by atoms with van der Waals surface area (Å²) in [5.74, 6) is 2.19. The van der Waals surface area contributed by atoms with E-state index in [1.165, 1.54) is 12.8 Å². The lowest BCUT2D eigenvalue weighted by Crippen LogP contribution is -2.22. The molecule has 7 nitrogen and oxygen atoms in total. The van der Waals surface area contributed by atoms with Crippen LogP contribution in [0.15, 0.2) is 24.3 Å². The van der Waals surface area contributed by atoms with Gasteiger partial charge < -0.3 is 20.7 Å². The summed E-state index contributed by atoms with van der Waals surface area (Å²) in [6.07, 6.45) is 8.06. The van der Waals surface area contributed by atoms with Gasteiger partial charge in [-0.1, -0.05) is 18.9 Å². The second-order valence-electron chi connectivity index (χ2n) is 6.88. The van der Waals surface area contributed by atoms with Crippen LogP contribution in [0.2, 0.25) is 0 Å². The first-order chi connectivity index (χ1) is 12.5. The Bertz CT molecular complexity index is 887. The van der Waals surface area contributed by atoms with Gasteiger partial charge in [0, 0.05) is 17.4 Å². The molecule has 1 amide bonds. The summed E-state index contributed by atoms with van der Waals surface area (Å²) < 4.78 is 7.31. The van der Waals surface area contributed by atoms with Crippen molar-refractivity contribution in [3.8, 4) is 5.75 Å². The van der Waals surface area contributed by atoms with Crippen molar-refractivity contribution in [2.75, 3.05) is 5.32 Å². The third kappa shape index (κ3) is 3.08. The summed E-state index contributed by atoms with van der Waals surface area (Å²) in [6.45, 7) is 1.90. The minimum atomic E-state index is -0.927. The summed E-state index contributed by atoms with van der Waals surface area (Å²) in [4.78, 5) is 11.8. The molecular formula is C18H21BN4O3. The molecule has 2 aromatic rings. The molecule has 1 aromatic heterocycles. The number of aryl methyl sites for hydroxylation is 1. The van der Waals surface area contributed by atoms with E-state index < -0.39 is 13.0 Å². The number of carbonyl (C=O) groups is 1. The van der Waals surface area contributed by atoms with E-state index in [1.54, 1.807) is 12.2 Å². The van der Waals surface area contributed by atoms with Crippen LogP contribution in [0.4, 0.5) is 11.5 Å². The van der Waals surface area contributed by atoms with Crippen LogP contribution in [0.3, 0.4) is 0 Å². The Morgan fingerprint density at radius 3 is 2.92 bits per heavy atom. The summed E-state index contributed by atoms with van der Waals surface area (Å²) in [6, 6.07) is 4.11. The van der Waals surface area contributed by atoms with Crippen molar-refractivity contribution < 1.29 is 14.5 Å². The van der Waals surface area contributed by atoms with Crippen LogP contribution in [0.25, 0.3) is 6.08 Å². The highest BCUT2D eigenvalue weighted by atomic mass is 16.5. The number of hydrogen-bond acceptors (Lipinski definition) is 5. The molecule has 8 heteroatoms. The predicted molar refractivity (Wildman–Crippen MR) is 100 cm³/mol. The molecule has 0 unspecified atom stereocenters. The fraction of sp³-hybridized carbons (Fsp3) is 0.333. The molecule has 1 saturated carbocycles. The van der Waals surface area contributed by atoms with E-state index in [9.17, 15) is 9.82 Å². The summed E-state index contributed by atoms with van der Waals surface area (Å²) in [7, 11) is -0.927. The number of hydrogen-bond donors (Lipinski definition) is 3. The van der Waals surface area contributed by atoms with Crippen LogP contribution in [-0.2, 0) is 0 Å². The minimum Gasteiger partial charge on any atom is -0.532 e. The SMILES string of the molecule is Cc1cc(Nc2nn(C3CCCC3)cc2C(N)=O)cc2c1OB(O)C=C2. The quantitative estimate of drug-likeness (QED) is 0.734. The number of primary amides is 1. The Hall–Kier alpha value is -2.74. The third-order valence-corrected chi connectivity index (χ3v) is 4.94. The zero-order valence-corrected chi connectivity index (χ0v) is 14.6. The van der Waals surface area contributed by atoms with Crippen LogP contribution in [0, 0.1) is 6.92 Å². The van der Waals surface area contributed by atoms with E-state index in [0.29, 0.717) is 23.2 Å². The van der Waals surface area contributed by atoms with Gasteiger partial charge in [0.1, 0.15) is 11.3 Å². The molecule has 4 N–H and O–H groups in total. The van der Waals surface area contributed by atoms with E-state index in [0.717, 1.165) is 29.7 Å². The number of carbonyl (C=O) groups excluding carboxylic acids is 1. The number of nitrogens with two attached hydrogens (primary N) is 1. The third-order valence-electron chi connectivity index (χ3n) is 4.94. The normalized spacial score (nSPS) is 16.5. The van der Waals surface area contributed by atoms with Crippen LogP contribution in [-0.4, -0.2) is 27.8 Å². The van der Waals surface area contributed by atoms with Crippen LogP contribution in [0.1, 0.15) is 53.2 Å². The van der Waals surface area contributed by atoms with E-state index >= 15 is 0 Å². The number of aromatic nitrogens is 2. The van der Waals surface area contributed by atoms with Gasteiger partial charge in [-0.05, 0) is 43.4 Å². The standard InChI is InChI=1S/C18H21BN4O3/c1-11-8-13(9-12-6-7-19(25)26-16(11)12)21-18-15(17(20)24)10-23(22-18)14-4-2-3-5-14/h6-10,14,25H,2-5H2,1H3,(H2,20,24)(H,21,22). The number of amides is 1. The zero-order valence-electron chi connectivity index (χ0n) is 14.6. The second kappa shape index (κ2) is 6.53. The number of nitrogens with one attached hydrogen (secondary N) is 1. The number of rotatable bonds is 4. The largest absolute Gasteiger partial charge is 0.552 e. The maximum atomic E-state index is 11.8. The molecule has 0 bridgehead atoms. The highest BCUT2D eigenvalue weighted by molar-refractivity contribution is 6.51. The Morgan fingerprint density at radius 2 is 2.19 bits per heavy atom. The molecule has 4 rings (SSSR count). The lowest BCUT2D eigenvalue weighted by atomic mass is 9.86. The lowest BCUT2D eigenvalue weighted by Gasteiger charge is -2.19. The molecule has 0 spiro atoms. The predicted octanol–water partition coefficient (Wildman–Crippen LogP) is 2.57. The maximum Gasteiger partial charge on any atom is 0.552 e. The monoisotopic (exact) mass is 352 g/mol. The Balaban J connectivity index is 1.66. The van der Waals surface area contributed by atoms with Crippen molar-refractivity contribution in [3.63, 3.8) is 0 Å². The van der Waals surface area contributed by atoms with Crippen LogP contribution < -0.4 is 15.7 Å². The van der Waals surface area contributed by atoms with Crippen molar-refractivity contribution in [1.82, 2.24) is 9.78 Å². The van der Waals surface area contributed by atoms with E-state index in [2.05, 4.69) is 10.4 Å². The van der Waals surface area contributed by atoms with Gasteiger partial charge in [-0.25, -0.2) is 0 Å². The Kier molecular flexibility index (Phi) is 4.20. The molecule has 0 saturated heterocycles. The molecule has 0 atom stereocenters. The molecular weight excluding hydrogens is 331 g/mol. The second-order valence-corrected chi connectivity index (χ2v) is 6.88. The van der Waals surface area contributed by atoms with Gasteiger partial charge in [0.2, 0.25) is 0 Å². The van der Waals surface area contributed by atoms with E-state index in [1.807, 2.05) is 29.8 Å². The maximum absolute atomic E-state index is 11.8. The molecule has 134 valence electrons. The average molecular weight is 352 g/mol. The first kappa shape index (κ1) is 16.7. The fourth-order valence-electron chi connectivity index (χ4n) is 3.66. The van der Waals surface area contributed by atoms with Crippen LogP contribution >= 0.6 is 0 Å². The molecule has 2 heterocycles. The smallest absolute Gasteiger partial charge is 0.532 e. The van der Waals surface area contributed by atoms with Crippen molar-refractivity contribution in [2.45, 2.75) is 38.6 Å². The van der Waals surface area contributed by atoms with E-state index in [-0.39, 0.29) is 0 Å². The first-order valence-electron chi connectivity index (χ1n) is 8.85. The summed E-state index contributed by atoms with van der Waals surface area (Å²) >= 11 is 0. The molecule has 1 aromatic carbocycles. The van der Waals surface area contributed by atoms with Gasteiger partial charge in [0.05, 0.1) is 6.04 Å². The molecule has 26 heavy (non-hydrogen) atoms. The van der Waals surface area contributed by atoms with Gasteiger partial charge in [-0.3, -0.25) is 9.48 Å². The molecule has 1 fully saturated rings. The van der Waals surface area contributed by atoms with Gasteiger partial charge in [-0.2, -0.15) is 5.10 Å². The van der Waals surface area contributed by atoms with E-state index in [4.69, 9.17) is 10.4 Å². The Labute approximate surface area is 152 Å². The zero-order chi connectivity index (χ0) is 18.3. The van der Waals surface area contributed by atoms with Crippen molar-refractivity contribution in [3.05, 3.63) is 41.0 Å². The lowest BCUT2D eigenvalue weighted by molar-refractivity contribution is 0.100. The molecule has 2 aliphatic rings.